The number of hydrogen-bond donors (Lipinski definition) is 2. The summed E-state index contributed by atoms with van der Waals surface area (Å²) in [6.07, 6.45) is 8.80. The topological polar surface area (TPSA) is 152 Å². The molecular formula is C51H60ClN10O5S+. The molecule has 3 saturated heterocycles. The summed E-state index contributed by atoms with van der Waals surface area (Å²) in [5.74, 6) is -0.820. The number of sulfonamides is 1. The number of allylic oxidation sites excluding steroid dienone is 1. The van der Waals surface area contributed by atoms with E-state index in [1.165, 1.54) is 35.9 Å². The fourth-order valence-corrected chi connectivity index (χ4v) is 11.7. The average molecular weight is 961 g/mol. The van der Waals surface area contributed by atoms with Gasteiger partial charge < -0.3 is 14.6 Å². The molecule has 3 aromatic heterocycles. The van der Waals surface area contributed by atoms with Gasteiger partial charge in [-0.1, -0.05) is 43.2 Å². The smallest absolute Gasteiger partial charge is 0.267 e. The van der Waals surface area contributed by atoms with Gasteiger partial charge in [0.05, 0.1) is 27.9 Å². The first-order valence-corrected chi connectivity index (χ1v) is 25.7. The van der Waals surface area contributed by atoms with Crippen LogP contribution in [0.4, 0.5) is 11.4 Å². The Morgan fingerprint density at radius 3 is 2.40 bits per heavy atom. The van der Waals surface area contributed by atoms with Crippen molar-refractivity contribution in [1.82, 2.24) is 39.2 Å². The van der Waals surface area contributed by atoms with Crippen LogP contribution in [0.2, 0.25) is 5.02 Å². The van der Waals surface area contributed by atoms with E-state index in [0.29, 0.717) is 39.7 Å². The number of piperazine rings is 2. The molecule has 0 atom stereocenters. The van der Waals surface area contributed by atoms with Crippen molar-refractivity contribution in [2.45, 2.75) is 63.4 Å². The minimum atomic E-state index is -4.43. The Kier molecular flexibility index (Phi) is 13.0. The van der Waals surface area contributed by atoms with Gasteiger partial charge in [0, 0.05) is 128 Å². The number of ether oxygens (including phenoxy) is 1. The van der Waals surface area contributed by atoms with Crippen LogP contribution in [0, 0.1) is 10.3 Å². The molecule has 6 heterocycles. The highest BCUT2D eigenvalue weighted by Gasteiger charge is 2.32. The van der Waals surface area contributed by atoms with Gasteiger partial charge in [-0.2, -0.15) is 5.10 Å². The summed E-state index contributed by atoms with van der Waals surface area (Å²) < 4.78 is 38.4. The molecule has 0 radical (unpaired) electrons. The van der Waals surface area contributed by atoms with Gasteiger partial charge in [-0.05, 0) is 103 Å². The van der Waals surface area contributed by atoms with E-state index in [0.717, 1.165) is 126 Å². The zero-order chi connectivity index (χ0) is 47.2. The monoisotopic (exact) mass is 959 g/mol. The molecule has 3 aliphatic heterocycles. The maximum absolute atomic E-state index is 14.4. The molecule has 0 bridgehead atoms. The standard InChI is InChI=1S/C51H59ClN10O5S/c1-51(2)16-12-37(44(31-51)35-4-7-39(52)8-5-35)33-58-20-24-61(25-21-58)41-9-11-43(47(29-41)62-48-28-36-13-17-53-49(36)55-45(48)32-54-62)50(63)56-68(65,66)42-10-6-38(46(30-42)57(3)64)34-59-18-22-60(23-19-59)40-14-26-67-27-15-40/h4-11,13,17,28-30,32,40H,12,14-16,18-27,31,33-34H2,1-3H3,(H-,53,54,55,56,63)/p+1. The molecule has 0 spiro atoms. The van der Waals surface area contributed by atoms with Crippen molar-refractivity contribution in [3.05, 3.63) is 117 Å². The van der Waals surface area contributed by atoms with Crippen LogP contribution in [0.5, 0.6) is 0 Å². The Morgan fingerprint density at radius 2 is 1.65 bits per heavy atom. The number of fused-ring (bicyclic) bond motifs is 2. The van der Waals surface area contributed by atoms with Gasteiger partial charge in [0.25, 0.3) is 21.6 Å². The molecule has 0 unspecified atom stereocenters. The van der Waals surface area contributed by atoms with E-state index >= 15 is 0 Å². The lowest BCUT2D eigenvalue weighted by atomic mass is 9.72. The molecule has 0 saturated carbocycles. The lowest BCUT2D eigenvalue weighted by molar-refractivity contribution is -0.429. The van der Waals surface area contributed by atoms with Crippen LogP contribution in [0.25, 0.3) is 33.3 Å². The Hall–Kier alpha value is -5.49. The number of nitrogens with one attached hydrogen (secondary N) is 2. The third-order valence-electron chi connectivity index (χ3n) is 14.5. The van der Waals surface area contributed by atoms with E-state index in [4.69, 9.17) is 26.4 Å². The molecular weight excluding hydrogens is 900 g/mol. The van der Waals surface area contributed by atoms with Crippen LogP contribution in [-0.4, -0.2) is 139 Å². The second-order valence-electron chi connectivity index (χ2n) is 19.6. The first-order valence-electron chi connectivity index (χ1n) is 23.8. The van der Waals surface area contributed by atoms with Crippen LogP contribution in [-0.2, 0) is 21.3 Å². The van der Waals surface area contributed by atoms with Crippen molar-refractivity contribution in [3.63, 3.8) is 0 Å². The van der Waals surface area contributed by atoms with E-state index in [1.54, 1.807) is 23.0 Å². The SMILES string of the molecule is C[N+](=O)c1cc(S(=O)(=O)NC(=O)c2ccc(N3CCN(CC4=C(c5ccc(Cl)cc5)CC(C)(C)CC4)CC3)cc2-n2ncc3nc4[nH]ccc4cc32)ccc1CN1CCN(C2CCOCC2)CC1. The molecule has 10 rings (SSSR count). The predicted octanol–water partition coefficient (Wildman–Crippen LogP) is 7.80. The number of amides is 1. The molecule has 3 aromatic carbocycles. The molecule has 1 amide bonds. The van der Waals surface area contributed by atoms with Crippen LogP contribution in [0.3, 0.4) is 0 Å². The van der Waals surface area contributed by atoms with Gasteiger partial charge >= 0.3 is 0 Å². The Morgan fingerprint density at radius 1 is 0.912 bits per heavy atom. The van der Waals surface area contributed by atoms with Crippen molar-refractivity contribution in [3.8, 4) is 5.69 Å². The highest BCUT2D eigenvalue weighted by molar-refractivity contribution is 7.90. The molecule has 68 heavy (non-hydrogen) atoms. The fraction of sp³-hybridized carbons (Fsp3) is 0.431. The number of carbonyl (C=O) groups excluding carboxylic acids is 1. The van der Waals surface area contributed by atoms with Gasteiger partial charge in [0.1, 0.15) is 11.2 Å². The van der Waals surface area contributed by atoms with Crippen molar-refractivity contribution >= 4 is 66.5 Å². The molecule has 4 aliphatic rings. The molecule has 3 fully saturated rings. The highest BCUT2D eigenvalue weighted by atomic mass is 35.5. The van der Waals surface area contributed by atoms with Crippen molar-refractivity contribution in [1.29, 1.82) is 0 Å². The normalized spacial score (nSPS) is 19.3. The number of anilines is 1. The lowest BCUT2D eigenvalue weighted by Crippen LogP contribution is -2.51. The highest BCUT2D eigenvalue weighted by Crippen LogP contribution is 2.43. The number of benzene rings is 3. The summed E-state index contributed by atoms with van der Waals surface area (Å²) in [5.41, 5.74) is 8.79. The summed E-state index contributed by atoms with van der Waals surface area (Å²) in [6, 6.07) is 22.6. The largest absolute Gasteiger partial charge is 0.381 e. The molecule has 1 aliphatic carbocycles. The third-order valence-corrected chi connectivity index (χ3v) is 16.1. The van der Waals surface area contributed by atoms with Crippen LogP contribution < -0.4 is 9.62 Å². The van der Waals surface area contributed by atoms with E-state index in [9.17, 15) is 18.1 Å². The summed E-state index contributed by atoms with van der Waals surface area (Å²) in [7, 11) is -3.07. The van der Waals surface area contributed by atoms with Gasteiger partial charge in [-0.15, -0.1) is 0 Å². The van der Waals surface area contributed by atoms with E-state index in [-0.39, 0.29) is 21.6 Å². The summed E-state index contributed by atoms with van der Waals surface area (Å²) in [6.45, 7) is 14.5. The van der Waals surface area contributed by atoms with Gasteiger partial charge in [-0.3, -0.25) is 19.5 Å². The average Bonchev–Trinajstić information content (AvgIpc) is 3.98. The van der Waals surface area contributed by atoms with E-state index in [1.807, 2.05) is 42.6 Å². The molecule has 356 valence electrons. The summed E-state index contributed by atoms with van der Waals surface area (Å²) in [5, 5.41) is 6.32. The quantitative estimate of drug-likeness (QED) is 0.116. The predicted molar refractivity (Wildman–Crippen MR) is 266 cm³/mol. The third kappa shape index (κ3) is 9.85. The van der Waals surface area contributed by atoms with Crippen molar-refractivity contribution in [2.24, 2.45) is 5.41 Å². The van der Waals surface area contributed by atoms with Crippen molar-refractivity contribution in [2.75, 3.05) is 84.1 Å². The van der Waals surface area contributed by atoms with Crippen LogP contribution in [0.15, 0.2) is 95.7 Å². The van der Waals surface area contributed by atoms with E-state index < -0.39 is 15.9 Å². The Labute approximate surface area is 402 Å². The number of pyridine rings is 1. The van der Waals surface area contributed by atoms with Gasteiger partial charge in [0.15, 0.2) is 7.05 Å². The van der Waals surface area contributed by atoms with Crippen LogP contribution >= 0.6 is 11.6 Å². The fourth-order valence-electron chi connectivity index (χ4n) is 10.5. The van der Waals surface area contributed by atoms with Gasteiger partial charge in [-0.25, -0.2) is 22.8 Å². The minimum Gasteiger partial charge on any atom is -0.381 e. The zero-order valence-corrected chi connectivity index (χ0v) is 40.7. The molecule has 2 N–H and O–H groups in total. The summed E-state index contributed by atoms with van der Waals surface area (Å²) in [4.78, 5) is 44.7. The Bertz CT molecular complexity index is 3000. The summed E-state index contributed by atoms with van der Waals surface area (Å²) >= 11 is 6.28. The maximum atomic E-state index is 14.4. The van der Waals surface area contributed by atoms with Crippen molar-refractivity contribution < 1.29 is 22.7 Å². The van der Waals surface area contributed by atoms with E-state index in [2.05, 4.69) is 55.3 Å². The number of nitrogens with zero attached hydrogens (tertiary/aromatic N) is 8. The lowest BCUT2D eigenvalue weighted by Gasteiger charge is -2.40. The number of rotatable bonds is 12. The second kappa shape index (κ2) is 19.1. The molecule has 6 aromatic rings. The maximum Gasteiger partial charge on any atom is 0.267 e. The first kappa shape index (κ1) is 46.2. The van der Waals surface area contributed by atoms with Gasteiger partial charge in [0.2, 0.25) is 0 Å². The number of aromatic nitrogens is 4. The first-order chi connectivity index (χ1) is 32.8. The number of aromatic amines is 1. The Balaban J connectivity index is 0.884. The molecule has 15 nitrogen and oxygen atoms in total. The minimum absolute atomic E-state index is 0.120. The number of H-pyrrole nitrogens is 1. The zero-order valence-electron chi connectivity index (χ0n) is 39.1. The number of halogens is 1. The second-order valence-corrected chi connectivity index (χ2v) is 21.8. The number of hydrogen-bond acceptors (Lipinski definition) is 11. The number of carbonyl (C=O) groups is 1. The van der Waals surface area contributed by atoms with Crippen LogP contribution in [0.1, 0.15) is 67.4 Å². The number of nitroso groups, excluding NO2 is 1. The molecule has 17 heteroatoms.